The molecule has 0 bridgehead atoms. The van der Waals surface area contributed by atoms with Crippen molar-refractivity contribution < 1.29 is 70.7 Å². The monoisotopic (exact) mass is 902 g/mol. The maximum atomic E-state index is 13.7. The summed E-state index contributed by atoms with van der Waals surface area (Å²) in [7, 11) is -5.30. The summed E-state index contributed by atoms with van der Waals surface area (Å²) < 4.78 is 187. The van der Waals surface area contributed by atoms with Crippen molar-refractivity contribution in [1.29, 1.82) is 0 Å². The van der Waals surface area contributed by atoms with Gasteiger partial charge in [0.15, 0.2) is 11.9 Å². The van der Waals surface area contributed by atoms with Gasteiger partial charge in [0.1, 0.15) is 0 Å². The molecular weight excluding hydrogens is 873 g/mol. The van der Waals surface area contributed by atoms with Gasteiger partial charge >= 0.3 is 24.7 Å². The first kappa shape index (κ1) is 48.6. The molecule has 0 atom stereocenters. The zero-order valence-corrected chi connectivity index (χ0v) is 32.2. The van der Waals surface area contributed by atoms with Crippen LogP contribution in [0.3, 0.4) is 0 Å². The molecule has 2 amide bonds. The van der Waals surface area contributed by atoms with Crippen molar-refractivity contribution in [3.05, 3.63) is 117 Å². The quantitative estimate of drug-likeness (QED) is 0.0763. The first-order chi connectivity index (χ1) is 27.4. The Hall–Kier alpha value is -5.78. The van der Waals surface area contributed by atoms with Crippen molar-refractivity contribution in [3.8, 4) is 0 Å². The lowest BCUT2D eigenvalue weighted by Gasteiger charge is -2.19. The van der Waals surface area contributed by atoms with Gasteiger partial charge < -0.3 is 22.9 Å². The van der Waals surface area contributed by atoms with Crippen LogP contribution in [0.25, 0.3) is 0 Å². The fourth-order valence-corrected chi connectivity index (χ4v) is 8.19. The molecule has 8 N–H and O–H groups in total. The molecule has 60 heavy (non-hydrogen) atoms. The Balaban J connectivity index is 0.000000321. The van der Waals surface area contributed by atoms with Gasteiger partial charge in [-0.25, -0.2) is 8.42 Å². The van der Waals surface area contributed by atoms with Crippen LogP contribution < -0.4 is 22.9 Å². The van der Waals surface area contributed by atoms with Gasteiger partial charge in [-0.2, -0.15) is 62.7 Å². The molecule has 4 aromatic rings. The summed E-state index contributed by atoms with van der Waals surface area (Å²) in [6.45, 7) is 2.97. The number of nitrogens with zero attached hydrogens (tertiary/aromatic N) is 2. The molecule has 0 saturated carbocycles. The van der Waals surface area contributed by atoms with Crippen LogP contribution in [0.5, 0.6) is 0 Å². The Labute approximate surface area is 336 Å². The van der Waals surface area contributed by atoms with Crippen molar-refractivity contribution in [2.24, 2.45) is 32.9 Å². The highest BCUT2D eigenvalue weighted by Crippen LogP contribution is 2.45. The van der Waals surface area contributed by atoms with Crippen molar-refractivity contribution in [2.45, 2.75) is 71.0 Å². The van der Waals surface area contributed by atoms with E-state index in [-0.39, 0.29) is 35.6 Å². The minimum Gasteiger partial charge on any atom is -0.370 e. The van der Waals surface area contributed by atoms with Gasteiger partial charge in [0.2, 0.25) is 9.84 Å². The summed E-state index contributed by atoms with van der Waals surface area (Å²) in [6.07, 6.45) is -20.1. The Morgan fingerprint density at radius 3 is 1.37 bits per heavy atom. The maximum Gasteiger partial charge on any atom is 0.417 e. The van der Waals surface area contributed by atoms with E-state index in [1.54, 1.807) is 6.92 Å². The number of aliphatic imine (C=N–C) groups is 2. The van der Waals surface area contributed by atoms with Crippen LogP contribution >= 0.6 is 11.8 Å². The third-order valence-electron chi connectivity index (χ3n) is 7.89. The van der Waals surface area contributed by atoms with E-state index < -0.39 is 106 Å². The zero-order chi connectivity index (χ0) is 45.8. The number of amides is 2. The highest BCUT2D eigenvalue weighted by molar-refractivity contribution is 7.99. The molecule has 10 nitrogen and oxygen atoms in total. The average Bonchev–Trinajstić information content (AvgIpc) is 3.12. The van der Waals surface area contributed by atoms with Crippen molar-refractivity contribution in [1.82, 2.24) is 0 Å². The van der Waals surface area contributed by atoms with Crippen molar-refractivity contribution in [3.63, 3.8) is 0 Å². The van der Waals surface area contributed by atoms with Crippen LogP contribution in [0.4, 0.5) is 52.7 Å². The normalized spacial score (nSPS) is 12.2. The molecule has 324 valence electrons. The molecule has 0 spiro atoms. The molecule has 0 aliphatic rings. The standard InChI is InChI=1S/C18H15F6N3O3S.C18H15F6N3OS/c1-2-9-7-14(12(18(22,23)24)8-10(9)15(28)27-16(25)26)31(29,30)13-6-4-3-5-11(13)17(19,20)21;1-2-9-7-14(29-13-6-4-3-5-11(13)17(19,20)21)12(18(22,23)24)8-10(9)15(28)27-16(25)26/h3-8H,2H2,1H3,(H4,25,26,27,28);3-8H,2H2,1H3,(H4,25,26,27,28). The number of carbonyl (C=O) groups excluding carboxylic acids is 2. The smallest absolute Gasteiger partial charge is 0.370 e. The number of aryl methyl sites for hydroxylation is 2. The molecule has 4 aromatic carbocycles. The SMILES string of the molecule is CCc1cc(S(=O)(=O)c2ccccc2C(F)(F)F)c(C(F)(F)F)cc1C(=O)N=C(N)N.CCc1cc(Sc2ccccc2C(F)(F)F)c(C(F)(F)F)cc1C(=O)N=C(N)N. The Morgan fingerprint density at radius 2 is 0.933 bits per heavy atom. The third kappa shape index (κ3) is 11.7. The number of hydrogen-bond acceptors (Lipinski definition) is 5. The predicted molar refractivity (Wildman–Crippen MR) is 194 cm³/mol. The molecule has 0 unspecified atom stereocenters. The van der Waals surface area contributed by atoms with E-state index >= 15 is 0 Å². The Morgan fingerprint density at radius 1 is 0.533 bits per heavy atom. The minimum atomic E-state index is -5.32. The molecule has 0 aliphatic carbocycles. The molecule has 0 saturated heterocycles. The predicted octanol–water partition coefficient (Wildman–Crippen LogP) is 8.38. The van der Waals surface area contributed by atoms with E-state index in [4.69, 9.17) is 22.9 Å². The number of alkyl halides is 12. The lowest BCUT2D eigenvalue weighted by Crippen LogP contribution is -2.25. The number of carbonyl (C=O) groups is 2. The summed E-state index contributed by atoms with van der Waals surface area (Å²) in [5.41, 5.74) is 13.5. The second-order valence-corrected chi connectivity index (χ2v) is 15.0. The fraction of sp³-hybridized carbons (Fsp3) is 0.222. The van der Waals surface area contributed by atoms with Gasteiger partial charge in [-0.3, -0.25) is 9.59 Å². The molecule has 4 rings (SSSR count). The van der Waals surface area contributed by atoms with Crippen molar-refractivity contribution in [2.75, 3.05) is 0 Å². The minimum absolute atomic E-state index is 0.133. The topological polar surface area (TPSA) is 197 Å². The fourth-order valence-electron chi connectivity index (χ4n) is 5.29. The van der Waals surface area contributed by atoms with Crippen LogP contribution in [0.2, 0.25) is 0 Å². The maximum absolute atomic E-state index is 13.7. The van der Waals surface area contributed by atoms with Crippen LogP contribution in [0.1, 0.15) is 67.9 Å². The highest BCUT2D eigenvalue weighted by atomic mass is 32.2. The van der Waals surface area contributed by atoms with Gasteiger partial charge in [-0.05, 0) is 72.5 Å². The van der Waals surface area contributed by atoms with Crippen LogP contribution in [0, 0.1) is 0 Å². The van der Waals surface area contributed by atoms with Gasteiger partial charge in [0, 0.05) is 20.9 Å². The number of rotatable bonds is 8. The van der Waals surface area contributed by atoms with Crippen LogP contribution in [-0.2, 0) is 47.4 Å². The first-order valence-electron chi connectivity index (χ1n) is 16.5. The lowest BCUT2D eigenvalue weighted by atomic mass is 10.0. The van der Waals surface area contributed by atoms with Crippen LogP contribution in [-0.4, -0.2) is 32.2 Å². The number of sulfone groups is 1. The lowest BCUT2D eigenvalue weighted by molar-refractivity contribution is -0.141. The van der Waals surface area contributed by atoms with E-state index in [2.05, 4.69) is 9.98 Å². The first-order valence-corrected chi connectivity index (χ1v) is 18.8. The van der Waals surface area contributed by atoms with Crippen molar-refractivity contribution >= 4 is 45.3 Å². The van der Waals surface area contributed by atoms with Gasteiger partial charge in [-0.1, -0.05) is 49.9 Å². The largest absolute Gasteiger partial charge is 0.417 e. The summed E-state index contributed by atoms with van der Waals surface area (Å²) in [5.74, 6) is -3.69. The van der Waals surface area contributed by atoms with E-state index in [0.29, 0.717) is 36.0 Å². The summed E-state index contributed by atoms with van der Waals surface area (Å²) in [6, 6.07) is 9.49. The molecular formula is C36H30F12N6O4S2. The molecule has 0 fully saturated rings. The number of benzene rings is 4. The molecule has 0 radical (unpaired) electrons. The number of nitrogens with two attached hydrogens (primary N) is 4. The molecule has 24 heteroatoms. The van der Waals surface area contributed by atoms with Gasteiger partial charge in [-0.15, -0.1) is 0 Å². The number of hydrogen-bond donors (Lipinski definition) is 4. The summed E-state index contributed by atoms with van der Waals surface area (Å²) >= 11 is 0.322. The van der Waals surface area contributed by atoms with Crippen LogP contribution in [0.15, 0.2) is 102 Å². The van der Waals surface area contributed by atoms with Gasteiger partial charge in [0.05, 0.1) is 32.0 Å². The number of guanidine groups is 2. The molecule has 0 heterocycles. The highest BCUT2D eigenvalue weighted by Gasteiger charge is 2.43. The average molecular weight is 903 g/mol. The molecule has 0 aromatic heterocycles. The summed E-state index contributed by atoms with van der Waals surface area (Å²) in [5, 5.41) is 0. The van der Waals surface area contributed by atoms with E-state index in [9.17, 15) is 70.7 Å². The van der Waals surface area contributed by atoms with Gasteiger partial charge in [0.25, 0.3) is 11.8 Å². The Kier molecular flexibility index (Phi) is 14.8. The third-order valence-corrected chi connectivity index (χ3v) is 10.9. The van der Waals surface area contributed by atoms with E-state index in [0.717, 1.165) is 36.4 Å². The Bertz CT molecular complexity index is 2440. The second kappa shape index (κ2) is 18.2. The summed E-state index contributed by atoms with van der Waals surface area (Å²) in [4.78, 5) is 27.0. The number of halogens is 12. The zero-order valence-electron chi connectivity index (χ0n) is 30.5. The van der Waals surface area contributed by atoms with E-state index in [1.165, 1.54) is 13.0 Å². The molecule has 0 aliphatic heterocycles. The second-order valence-electron chi connectivity index (χ2n) is 12.0. The van der Waals surface area contributed by atoms with E-state index in [1.807, 2.05) is 0 Å².